The summed E-state index contributed by atoms with van der Waals surface area (Å²) in [7, 11) is 0. The Kier molecular flexibility index (Phi) is 1.44. The maximum Gasteiger partial charge on any atom is 0.125 e. The number of hydrogen-bond acceptors (Lipinski definition) is 4. The van der Waals surface area contributed by atoms with Crippen LogP contribution in [0.2, 0.25) is 0 Å². The minimum Gasteiger partial charge on any atom is -0.368 e. The first-order valence-corrected chi connectivity index (χ1v) is 4.40. The fourth-order valence-corrected chi connectivity index (χ4v) is 1.65. The standard InChI is InChI=1S/C9H9N5/c1-2-10-9-7(1)8(11-5-12-9)6-3-13-14-4-6/h1-5,9-10H,(H,11,12)(H,13,14). The van der Waals surface area contributed by atoms with Crippen LogP contribution in [0, 0.1) is 0 Å². The SMILES string of the molecule is C1=CC2=C(c3cn[nH]c3)N=CNC2N1. The fourth-order valence-electron chi connectivity index (χ4n) is 1.65. The zero-order chi connectivity index (χ0) is 9.38. The second-order valence-corrected chi connectivity index (χ2v) is 3.15. The minimum absolute atomic E-state index is 0.150. The Balaban J connectivity index is 2.12. The Hall–Kier alpha value is -2.04. The van der Waals surface area contributed by atoms with Crippen LogP contribution in [0.25, 0.3) is 5.70 Å². The highest BCUT2D eigenvalue weighted by Gasteiger charge is 2.22. The quantitative estimate of drug-likeness (QED) is 0.588. The van der Waals surface area contributed by atoms with Crippen LogP contribution in [0.5, 0.6) is 0 Å². The van der Waals surface area contributed by atoms with Gasteiger partial charge >= 0.3 is 0 Å². The van der Waals surface area contributed by atoms with Gasteiger partial charge in [-0.05, 0) is 12.3 Å². The predicted octanol–water partition coefficient (Wildman–Crippen LogP) is 0.195. The molecule has 1 aromatic rings. The Morgan fingerprint density at radius 1 is 1.29 bits per heavy atom. The number of hydrogen-bond donors (Lipinski definition) is 3. The van der Waals surface area contributed by atoms with Crippen LogP contribution in [0.3, 0.4) is 0 Å². The van der Waals surface area contributed by atoms with E-state index in [0.29, 0.717) is 0 Å². The second kappa shape index (κ2) is 2.73. The van der Waals surface area contributed by atoms with Crippen LogP contribution in [-0.2, 0) is 0 Å². The molecule has 0 amide bonds. The van der Waals surface area contributed by atoms with E-state index in [1.165, 1.54) is 0 Å². The molecule has 0 aromatic carbocycles. The lowest BCUT2D eigenvalue weighted by Crippen LogP contribution is -2.39. The highest BCUT2D eigenvalue weighted by Crippen LogP contribution is 2.25. The molecule has 0 saturated heterocycles. The van der Waals surface area contributed by atoms with E-state index in [1.807, 2.05) is 18.5 Å². The van der Waals surface area contributed by atoms with Crippen LogP contribution in [0.15, 0.2) is 35.2 Å². The third-order valence-electron chi connectivity index (χ3n) is 2.32. The minimum atomic E-state index is 0.150. The molecule has 3 heterocycles. The average molecular weight is 187 g/mol. The van der Waals surface area contributed by atoms with Gasteiger partial charge in [-0.15, -0.1) is 0 Å². The summed E-state index contributed by atoms with van der Waals surface area (Å²) in [6, 6.07) is 0. The van der Waals surface area contributed by atoms with E-state index in [0.717, 1.165) is 16.8 Å². The molecule has 1 unspecified atom stereocenters. The van der Waals surface area contributed by atoms with Gasteiger partial charge in [-0.1, -0.05) is 0 Å². The molecule has 0 spiro atoms. The molecule has 5 heteroatoms. The zero-order valence-electron chi connectivity index (χ0n) is 7.36. The third-order valence-corrected chi connectivity index (χ3v) is 2.32. The first kappa shape index (κ1) is 7.37. The maximum absolute atomic E-state index is 4.31. The number of rotatable bonds is 1. The molecule has 0 radical (unpaired) electrons. The van der Waals surface area contributed by atoms with Crippen molar-refractivity contribution >= 4 is 12.0 Å². The smallest absolute Gasteiger partial charge is 0.125 e. The number of nitrogens with zero attached hydrogens (tertiary/aromatic N) is 2. The van der Waals surface area contributed by atoms with E-state index in [4.69, 9.17) is 0 Å². The van der Waals surface area contributed by atoms with Crippen LogP contribution in [0.1, 0.15) is 5.56 Å². The Labute approximate surface area is 80.6 Å². The summed E-state index contributed by atoms with van der Waals surface area (Å²) >= 11 is 0. The van der Waals surface area contributed by atoms with Gasteiger partial charge in [-0.25, -0.2) is 4.99 Å². The summed E-state index contributed by atoms with van der Waals surface area (Å²) in [6.07, 6.45) is 9.41. The lowest BCUT2D eigenvalue weighted by atomic mass is 10.1. The largest absolute Gasteiger partial charge is 0.368 e. The number of aromatic nitrogens is 2. The molecule has 1 aromatic heterocycles. The molecule has 0 fully saturated rings. The van der Waals surface area contributed by atoms with Crippen molar-refractivity contribution in [2.75, 3.05) is 0 Å². The van der Waals surface area contributed by atoms with Crippen molar-refractivity contribution in [1.29, 1.82) is 0 Å². The molecule has 14 heavy (non-hydrogen) atoms. The molecule has 0 aliphatic carbocycles. The van der Waals surface area contributed by atoms with Gasteiger partial charge in [0, 0.05) is 17.3 Å². The van der Waals surface area contributed by atoms with Gasteiger partial charge < -0.3 is 10.6 Å². The number of aromatic amines is 1. The van der Waals surface area contributed by atoms with Crippen molar-refractivity contribution in [2.24, 2.45) is 4.99 Å². The van der Waals surface area contributed by atoms with Gasteiger partial charge in [0.05, 0.1) is 18.2 Å². The monoisotopic (exact) mass is 187 g/mol. The van der Waals surface area contributed by atoms with Crippen molar-refractivity contribution in [2.45, 2.75) is 6.17 Å². The van der Waals surface area contributed by atoms with Crippen LogP contribution in [-0.4, -0.2) is 22.7 Å². The third kappa shape index (κ3) is 0.953. The molecule has 0 bridgehead atoms. The zero-order valence-corrected chi connectivity index (χ0v) is 7.36. The molecule has 2 aliphatic rings. The van der Waals surface area contributed by atoms with Crippen molar-refractivity contribution in [3.63, 3.8) is 0 Å². The lowest BCUT2D eigenvalue weighted by molar-refractivity contribution is 0.666. The van der Waals surface area contributed by atoms with Crippen LogP contribution < -0.4 is 10.6 Å². The summed E-state index contributed by atoms with van der Waals surface area (Å²) in [5.41, 5.74) is 3.12. The summed E-state index contributed by atoms with van der Waals surface area (Å²) in [6.45, 7) is 0. The fraction of sp³-hybridized carbons (Fsp3) is 0.111. The van der Waals surface area contributed by atoms with Crippen molar-refractivity contribution in [3.8, 4) is 0 Å². The number of fused-ring (bicyclic) bond motifs is 1. The van der Waals surface area contributed by atoms with Crippen molar-refractivity contribution < 1.29 is 0 Å². The Bertz CT molecular complexity index is 426. The number of H-pyrrole nitrogens is 1. The molecule has 2 aliphatic heterocycles. The number of aliphatic imine (C=N–C) groups is 1. The predicted molar refractivity (Wildman–Crippen MR) is 53.2 cm³/mol. The normalized spacial score (nSPS) is 23.3. The molecule has 0 saturated carbocycles. The molecule has 70 valence electrons. The van der Waals surface area contributed by atoms with E-state index in [-0.39, 0.29) is 6.17 Å². The molecular formula is C9H9N5. The van der Waals surface area contributed by atoms with Gasteiger partial charge in [0.15, 0.2) is 0 Å². The van der Waals surface area contributed by atoms with Crippen LogP contribution in [0.4, 0.5) is 0 Å². The molecular weight excluding hydrogens is 178 g/mol. The Morgan fingerprint density at radius 2 is 2.29 bits per heavy atom. The molecule has 5 nitrogen and oxygen atoms in total. The van der Waals surface area contributed by atoms with E-state index in [2.05, 4.69) is 25.8 Å². The Morgan fingerprint density at radius 3 is 3.14 bits per heavy atom. The van der Waals surface area contributed by atoms with E-state index in [1.54, 1.807) is 12.5 Å². The van der Waals surface area contributed by atoms with E-state index in [9.17, 15) is 0 Å². The van der Waals surface area contributed by atoms with Crippen molar-refractivity contribution in [3.05, 3.63) is 35.8 Å². The highest BCUT2D eigenvalue weighted by molar-refractivity contribution is 5.80. The number of nitrogens with one attached hydrogen (secondary N) is 3. The highest BCUT2D eigenvalue weighted by atomic mass is 15.2. The molecule has 3 rings (SSSR count). The average Bonchev–Trinajstić information content (AvgIpc) is 2.88. The van der Waals surface area contributed by atoms with E-state index < -0.39 is 0 Å². The summed E-state index contributed by atoms with van der Waals surface area (Å²) < 4.78 is 0. The van der Waals surface area contributed by atoms with Gasteiger partial charge in [0.1, 0.15) is 6.17 Å². The van der Waals surface area contributed by atoms with Crippen LogP contribution >= 0.6 is 0 Å². The maximum atomic E-state index is 4.31. The summed E-state index contributed by atoms with van der Waals surface area (Å²) in [5.74, 6) is 0. The second-order valence-electron chi connectivity index (χ2n) is 3.15. The van der Waals surface area contributed by atoms with Crippen molar-refractivity contribution in [1.82, 2.24) is 20.8 Å². The first-order chi connectivity index (χ1) is 6.95. The van der Waals surface area contributed by atoms with Gasteiger partial charge in [-0.2, -0.15) is 5.10 Å². The molecule has 3 N–H and O–H groups in total. The van der Waals surface area contributed by atoms with Gasteiger partial charge in [-0.3, -0.25) is 5.10 Å². The molecule has 1 atom stereocenters. The van der Waals surface area contributed by atoms with E-state index >= 15 is 0 Å². The summed E-state index contributed by atoms with van der Waals surface area (Å²) in [4.78, 5) is 4.31. The topological polar surface area (TPSA) is 65.1 Å². The van der Waals surface area contributed by atoms with Gasteiger partial charge in [0.25, 0.3) is 0 Å². The summed E-state index contributed by atoms with van der Waals surface area (Å²) in [5, 5.41) is 13.0. The lowest BCUT2D eigenvalue weighted by Gasteiger charge is -2.19. The van der Waals surface area contributed by atoms with Gasteiger partial charge in [0.2, 0.25) is 0 Å². The first-order valence-electron chi connectivity index (χ1n) is 4.40.